The van der Waals surface area contributed by atoms with Crippen molar-refractivity contribution in [3.05, 3.63) is 30.6 Å². The molecule has 3 heterocycles. The van der Waals surface area contributed by atoms with Crippen LogP contribution in [-0.2, 0) is 13.1 Å². The molecule has 7 nitrogen and oxygen atoms in total. The van der Waals surface area contributed by atoms with Gasteiger partial charge >= 0.3 is 0 Å². The average Bonchev–Trinajstić information content (AvgIpc) is 3.11. The van der Waals surface area contributed by atoms with E-state index in [0.717, 1.165) is 11.5 Å². The molecule has 0 N–H and O–H groups in total. The second kappa shape index (κ2) is 5.69. The zero-order chi connectivity index (χ0) is 14.8. The number of hydrogen-bond donors (Lipinski definition) is 0. The van der Waals surface area contributed by atoms with E-state index in [-0.39, 0.29) is 5.38 Å². The van der Waals surface area contributed by atoms with Crippen molar-refractivity contribution in [3.8, 4) is 5.88 Å². The van der Waals surface area contributed by atoms with Crippen LogP contribution in [-0.4, -0.2) is 36.4 Å². The molecule has 3 rings (SSSR count). The first-order valence-electron chi connectivity index (χ1n) is 6.57. The molecule has 0 saturated carbocycles. The Balaban J connectivity index is 2.03. The second-order valence-corrected chi connectivity index (χ2v) is 5.22. The summed E-state index contributed by atoms with van der Waals surface area (Å²) in [5.41, 5.74) is 1.35. The number of fused-ring (bicyclic) bond motifs is 1. The predicted molar refractivity (Wildman–Crippen MR) is 78.4 cm³/mol. The van der Waals surface area contributed by atoms with Crippen molar-refractivity contribution in [2.75, 3.05) is 7.11 Å². The summed E-state index contributed by atoms with van der Waals surface area (Å²) < 4.78 is 9.08. The highest BCUT2D eigenvalue weighted by atomic mass is 35.5. The molecule has 0 aliphatic heterocycles. The van der Waals surface area contributed by atoms with Gasteiger partial charge in [0, 0.05) is 18.9 Å². The molecule has 0 aliphatic carbocycles. The Hall–Kier alpha value is -2.15. The third kappa shape index (κ3) is 2.56. The minimum atomic E-state index is -0.235. The van der Waals surface area contributed by atoms with Crippen LogP contribution in [0.3, 0.4) is 0 Å². The van der Waals surface area contributed by atoms with Gasteiger partial charge < -0.3 is 9.30 Å². The summed E-state index contributed by atoms with van der Waals surface area (Å²) in [7, 11) is 1.56. The molecule has 0 fully saturated rings. The Morgan fingerprint density at radius 2 is 2.19 bits per heavy atom. The lowest BCUT2D eigenvalue weighted by Crippen LogP contribution is -2.11. The van der Waals surface area contributed by atoms with E-state index in [1.165, 1.54) is 6.33 Å². The van der Waals surface area contributed by atoms with Gasteiger partial charge in [-0.2, -0.15) is 10.1 Å². The SMILES string of the molecule is COc1ncnc2c1nc(C(C)Cl)n2CCn1cccn1. The summed E-state index contributed by atoms with van der Waals surface area (Å²) in [6, 6.07) is 1.89. The molecule has 0 bridgehead atoms. The normalized spacial score (nSPS) is 12.7. The predicted octanol–water partition coefficient (Wildman–Crippen LogP) is 2.03. The molecule has 3 aromatic heterocycles. The first-order valence-corrected chi connectivity index (χ1v) is 7.01. The highest BCUT2D eigenvalue weighted by molar-refractivity contribution is 6.20. The molecule has 1 unspecified atom stereocenters. The van der Waals surface area contributed by atoms with Gasteiger partial charge in [-0.15, -0.1) is 11.6 Å². The minimum Gasteiger partial charge on any atom is -0.479 e. The summed E-state index contributed by atoms with van der Waals surface area (Å²) in [4.78, 5) is 12.9. The number of hydrogen-bond acceptors (Lipinski definition) is 5. The van der Waals surface area contributed by atoms with Gasteiger partial charge in [-0.05, 0) is 13.0 Å². The Bertz CT molecular complexity index is 737. The first-order chi connectivity index (χ1) is 10.2. The van der Waals surface area contributed by atoms with Crippen molar-refractivity contribution in [2.24, 2.45) is 0 Å². The third-order valence-electron chi connectivity index (χ3n) is 3.19. The standard InChI is InChI=1S/C13H15ClN6O/c1-9(14)11-18-10-12(15-8-16-13(10)21-2)20(11)7-6-19-5-3-4-17-19/h3-5,8-9H,6-7H2,1-2H3. The van der Waals surface area contributed by atoms with Gasteiger partial charge in [-0.25, -0.2) is 9.97 Å². The number of aryl methyl sites for hydroxylation is 2. The highest BCUT2D eigenvalue weighted by Gasteiger charge is 2.19. The lowest BCUT2D eigenvalue weighted by atomic mass is 10.4. The molecule has 0 amide bonds. The van der Waals surface area contributed by atoms with Gasteiger partial charge in [0.05, 0.1) is 19.0 Å². The van der Waals surface area contributed by atoms with E-state index in [1.54, 1.807) is 13.3 Å². The van der Waals surface area contributed by atoms with Crippen LogP contribution < -0.4 is 4.74 Å². The number of nitrogens with zero attached hydrogens (tertiary/aromatic N) is 6. The van der Waals surface area contributed by atoms with Gasteiger partial charge in [-0.3, -0.25) is 4.68 Å². The number of halogens is 1. The van der Waals surface area contributed by atoms with Crippen molar-refractivity contribution < 1.29 is 4.74 Å². The van der Waals surface area contributed by atoms with Crippen LogP contribution in [0.2, 0.25) is 0 Å². The molecular weight excluding hydrogens is 292 g/mol. The fourth-order valence-corrected chi connectivity index (χ4v) is 2.41. The van der Waals surface area contributed by atoms with Crippen LogP contribution in [0.5, 0.6) is 5.88 Å². The monoisotopic (exact) mass is 306 g/mol. The largest absolute Gasteiger partial charge is 0.479 e. The number of methoxy groups -OCH3 is 1. The van der Waals surface area contributed by atoms with E-state index in [2.05, 4.69) is 20.1 Å². The zero-order valence-electron chi connectivity index (χ0n) is 11.8. The molecule has 0 radical (unpaired) electrons. The number of rotatable bonds is 5. The number of ether oxygens (including phenoxy) is 1. The molecule has 21 heavy (non-hydrogen) atoms. The summed E-state index contributed by atoms with van der Waals surface area (Å²) in [6.45, 7) is 3.26. The molecule has 0 saturated heterocycles. The maximum Gasteiger partial charge on any atom is 0.245 e. The third-order valence-corrected chi connectivity index (χ3v) is 3.38. The summed E-state index contributed by atoms with van der Waals surface area (Å²) in [6.07, 6.45) is 5.14. The van der Waals surface area contributed by atoms with Crippen LogP contribution in [0, 0.1) is 0 Å². The fraction of sp³-hybridized carbons (Fsp3) is 0.385. The van der Waals surface area contributed by atoms with E-state index in [9.17, 15) is 0 Å². The van der Waals surface area contributed by atoms with E-state index in [0.29, 0.717) is 24.5 Å². The lowest BCUT2D eigenvalue weighted by molar-refractivity contribution is 0.401. The van der Waals surface area contributed by atoms with Crippen molar-refractivity contribution in [2.45, 2.75) is 25.4 Å². The Morgan fingerprint density at radius 3 is 2.86 bits per heavy atom. The molecule has 110 valence electrons. The summed E-state index contributed by atoms with van der Waals surface area (Å²) in [5.74, 6) is 1.20. The number of aromatic nitrogens is 6. The van der Waals surface area contributed by atoms with Crippen LogP contribution >= 0.6 is 11.6 Å². The zero-order valence-corrected chi connectivity index (χ0v) is 12.5. The van der Waals surface area contributed by atoms with Crippen molar-refractivity contribution in [3.63, 3.8) is 0 Å². The number of alkyl halides is 1. The highest BCUT2D eigenvalue weighted by Crippen LogP contribution is 2.27. The molecule has 0 aliphatic rings. The minimum absolute atomic E-state index is 0.235. The average molecular weight is 307 g/mol. The Labute approximate surface area is 126 Å². The lowest BCUT2D eigenvalue weighted by Gasteiger charge is -2.09. The number of imidazole rings is 1. The van der Waals surface area contributed by atoms with Gasteiger partial charge in [0.1, 0.15) is 12.2 Å². The topological polar surface area (TPSA) is 70.7 Å². The molecular formula is C13H15ClN6O. The van der Waals surface area contributed by atoms with E-state index < -0.39 is 0 Å². The summed E-state index contributed by atoms with van der Waals surface area (Å²) >= 11 is 6.24. The molecule has 1 atom stereocenters. The molecule has 3 aromatic rings. The van der Waals surface area contributed by atoms with E-state index >= 15 is 0 Å². The Kier molecular flexibility index (Phi) is 3.74. The van der Waals surface area contributed by atoms with Gasteiger partial charge in [0.15, 0.2) is 11.2 Å². The quantitative estimate of drug-likeness (QED) is 0.675. The van der Waals surface area contributed by atoms with Gasteiger partial charge in [0.2, 0.25) is 5.88 Å². The maximum absolute atomic E-state index is 6.24. The van der Waals surface area contributed by atoms with Gasteiger partial charge in [-0.1, -0.05) is 0 Å². The van der Waals surface area contributed by atoms with E-state index in [1.807, 2.05) is 28.4 Å². The fourth-order valence-electron chi connectivity index (χ4n) is 2.24. The molecule has 0 spiro atoms. The van der Waals surface area contributed by atoms with Crippen LogP contribution in [0.15, 0.2) is 24.8 Å². The first kappa shape index (κ1) is 13.8. The maximum atomic E-state index is 6.24. The van der Waals surface area contributed by atoms with Crippen molar-refractivity contribution in [1.82, 2.24) is 29.3 Å². The van der Waals surface area contributed by atoms with Gasteiger partial charge in [0.25, 0.3) is 0 Å². The van der Waals surface area contributed by atoms with E-state index in [4.69, 9.17) is 16.3 Å². The Morgan fingerprint density at radius 1 is 1.33 bits per heavy atom. The van der Waals surface area contributed by atoms with Crippen LogP contribution in [0.4, 0.5) is 0 Å². The van der Waals surface area contributed by atoms with Crippen LogP contribution in [0.1, 0.15) is 18.1 Å². The van der Waals surface area contributed by atoms with Crippen LogP contribution in [0.25, 0.3) is 11.2 Å². The summed E-state index contributed by atoms with van der Waals surface area (Å²) in [5, 5.41) is 3.96. The van der Waals surface area contributed by atoms with Crippen molar-refractivity contribution >= 4 is 22.8 Å². The molecule has 8 heteroatoms. The smallest absolute Gasteiger partial charge is 0.245 e. The van der Waals surface area contributed by atoms with Crippen molar-refractivity contribution in [1.29, 1.82) is 0 Å². The second-order valence-electron chi connectivity index (χ2n) is 4.56. The molecule has 0 aromatic carbocycles.